The summed E-state index contributed by atoms with van der Waals surface area (Å²) in [5.41, 5.74) is 5.28. The number of hydrogen-bond donors (Lipinski definition) is 1. The van der Waals surface area contributed by atoms with Gasteiger partial charge in [0.15, 0.2) is 0 Å². The van der Waals surface area contributed by atoms with Gasteiger partial charge in [-0.15, -0.1) is 0 Å². The van der Waals surface area contributed by atoms with E-state index in [4.69, 9.17) is 5.73 Å². The van der Waals surface area contributed by atoms with Gasteiger partial charge in [0.25, 0.3) is 0 Å². The zero-order chi connectivity index (χ0) is 9.84. The van der Waals surface area contributed by atoms with E-state index in [2.05, 4.69) is 18.7 Å². The summed E-state index contributed by atoms with van der Waals surface area (Å²) in [4.78, 5) is 13.3. The molecule has 0 bridgehead atoms. The fourth-order valence-electron chi connectivity index (χ4n) is 2.16. The first kappa shape index (κ1) is 10.5. The van der Waals surface area contributed by atoms with Crippen LogP contribution in [0.2, 0.25) is 0 Å². The maximum atomic E-state index is 10.9. The lowest BCUT2D eigenvalue weighted by molar-refractivity contribution is -0.121. The number of nitrogens with two attached hydrogens (primary N) is 1. The molecule has 0 saturated carbocycles. The highest BCUT2D eigenvalue weighted by molar-refractivity contribution is 5.77. The van der Waals surface area contributed by atoms with E-state index in [9.17, 15) is 4.79 Å². The van der Waals surface area contributed by atoms with Gasteiger partial charge in [0.2, 0.25) is 5.91 Å². The maximum absolute atomic E-state index is 10.9. The number of rotatable bonds is 4. The molecule has 0 aromatic rings. The van der Waals surface area contributed by atoms with Crippen LogP contribution in [0.5, 0.6) is 0 Å². The van der Waals surface area contributed by atoms with Crippen molar-refractivity contribution in [1.29, 1.82) is 0 Å². The first-order valence-electron chi connectivity index (χ1n) is 5.22. The Balaban J connectivity index is 2.43. The van der Waals surface area contributed by atoms with Gasteiger partial charge in [0.1, 0.15) is 0 Å². The van der Waals surface area contributed by atoms with Gasteiger partial charge in [-0.3, -0.25) is 9.69 Å². The van der Waals surface area contributed by atoms with E-state index in [0.717, 1.165) is 19.5 Å². The Morgan fingerprint density at radius 2 is 2.15 bits per heavy atom. The quantitative estimate of drug-likeness (QED) is 0.708. The molecule has 0 aliphatic carbocycles. The van der Waals surface area contributed by atoms with Gasteiger partial charge in [-0.2, -0.15) is 0 Å². The Morgan fingerprint density at radius 1 is 1.54 bits per heavy atom. The Hall–Kier alpha value is -0.570. The van der Waals surface area contributed by atoms with Crippen molar-refractivity contribution < 1.29 is 4.79 Å². The summed E-state index contributed by atoms with van der Waals surface area (Å²) >= 11 is 0. The van der Waals surface area contributed by atoms with Gasteiger partial charge in [0, 0.05) is 12.6 Å². The number of amides is 1. The molecule has 13 heavy (non-hydrogen) atoms. The van der Waals surface area contributed by atoms with Crippen molar-refractivity contribution in [2.24, 2.45) is 11.7 Å². The topological polar surface area (TPSA) is 46.3 Å². The van der Waals surface area contributed by atoms with Crippen molar-refractivity contribution in [1.82, 2.24) is 4.90 Å². The van der Waals surface area contributed by atoms with Gasteiger partial charge < -0.3 is 5.73 Å². The first-order valence-corrected chi connectivity index (χ1v) is 5.22. The largest absolute Gasteiger partial charge is 0.369 e. The van der Waals surface area contributed by atoms with Gasteiger partial charge in [-0.1, -0.05) is 13.8 Å². The van der Waals surface area contributed by atoms with Crippen LogP contribution in [-0.2, 0) is 4.79 Å². The summed E-state index contributed by atoms with van der Waals surface area (Å²) in [5.74, 6) is -0.0333. The Bertz CT molecular complexity index is 178. The van der Waals surface area contributed by atoms with E-state index < -0.39 is 0 Å². The zero-order valence-corrected chi connectivity index (χ0v) is 8.62. The van der Waals surface area contributed by atoms with Crippen molar-refractivity contribution in [3.63, 3.8) is 0 Å². The van der Waals surface area contributed by atoms with Crippen molar-refractivity contribution in [2.45, 2.75) is 39.2 Å². The summed E-state index contributed by atoms with van der Waals surface area (Å²) in [7, 11) is 0. The second kappa shape index (κ2) is 4.61. The van der Waals surface area contributed by atoms with Crippen LogP contribution in [0, 0.1) is 5.92 Å². The molecule has 3 heteroatoms. The lowest BCUT2D eigenvalue weighted by Gasteiger charge is -2.25. The standard InChI is InChI=1S/C10H20N2O/c1-3-9(4-2)12-6-5-8(7-12)10(11)13/h8-9H,3-7H2,1-2H3,(H2,11,13). The number of carbonyl (C=O) groups is 1. The molecule has 1 aliphatic rings. The van der Waals surface area contributed by atoms with Crippen LogP contribution in [-0.4, -0.2) is 29.9 Å². The SMILES string of the molecule is CCC(CC)N1CCC(C(N)=O)C1. The molecule has 1 fully saturated rings. The number of hydrogen-bond acceptors (Lipinski definition) is 2. The monoisotopic (exact) mass is 184 g/mol. The highest BCUT2D eigenvalue weighted by Gasteiger charge is 2.29. The molecule has 0 spiro atoms. The lowest BCUT2D eigenvalue weighted by Crippen LogP contribution is -2.34. The van der Waals surface area contributed by atoms with E-state index >= 15 is 0 Å². The molecule has 0 aromatic carbocycles. The van der Waals surface area contributed by atoms with Gasteiger partial charge >= 0.3 is 0 Å². The molecule has 1 rings (SSSR count). The Kier molecular flexibility index (Phi) is 3.72. The third-order valence-corrected chi connectivity index (χ3v) is 3.08. The summed E-state index contributed by atoms with van der Waals surface area (Å²) in [6.45, 7) is 6.32. The van der Waals surface area contributed by atoms with Crippen molar-refractivity contribution in [3.05, 3.63) is 0 Å². The average molecular weight is 184 g/mol. The van der Waals surface area contributed by atoms with Crippen molar-refractivity contribution in [2.75, 3.05) is 13.1 Å². The van der Waals surface area contributed by atoms with E-state index in [-0.39, 0.29) is 11.8 Å². The lowest BCUT2D eigenvalue weighted by atomic mass is 10.1. The van der Waals surface area contributed by atoms with Crippen LogP contribution >= 0.6 is 0 Å². The van der Waals surface area contributed by atoms with Gasteiger partial charge in [0.05, 0.1) is 5.92 Å². The van der Waals surface area contributed by atoms with E-state index in [1.54, 1.807) is 0 Å². The molecule has 0 aromatic heterocycles. The fraction of sp³-hybridized carbons (Fsp3) is 0.900. The van der Waals surface area contributed by atoms with E-state index in [1.165, 1.54) is 12.8 Å². The highest BCUT2D eigenvalue weighted by atomic mass is 16.1. The summed E-state index contributed by atoms with van der Waals surface area (Å²) in [6, 6.07) is 0.643. The van der Waals surface area contributed by atoms with Gasteiger partial charge in [-0.05, 0) is 25.8 Å². The highest BCUT2D eigenvalue weighted by Crippen LogP contribution is 2.20. The third-order valence-electron chi connectivity index (χ3n) is 3.08. The first-order chi connectivity index (χ1) is 6.19. The molecule has 1 heterocycles. The minimum Gasteiger partial charge on any atom is -0.369 e. The molecule has 1 amide bonds. The van der Waals surface area contributed by atoms with E-state index in [0.29, 0.717) is 6.04 Å². The minimum atomic E-state index is -0.131. The smallest absolute Gasteiger partial charge is 0.221 e. The Labute approximate surface area is 80.3 Å². The van der Waals surface area contributed by atoms with Crippen LogP contribution in [0.1, 0.15) is 33.1 Å². The predicted octanol–water partition coefficient (Wildman–Crippen LogP) is 0.982. The molecule has 1 aliphatic heterocycles. The van der Waals surface area contributed by atoms with E-state index in [1.807, 2.05) is 0 Å². The average Bonchev–Trinajstić information content (AvgIpc) is 2.56. The second-order valence-electron chi connectivity index (χ2n) is 3.85. The number of primary amides is 1. The van der Waals surface area contributed by atoms with Crippen molar-refractivity contribution in [3.8, 4) is 0 Å². The molecule has 3 nitrogen and oxygen atoms in total. The second-order valence-corrected chi connectivity index (χ2v) is 3.85. The number of likely N-dealkylation sites (tertiary alicyclic amines) is 1. The fourth-order valence-corrected chi connectivity index (χ4v) is 2.16. The summed E-state index contributed by atoms with van der Waals surface area (Å²) in [6.07, 6.45) is 3.29. The molecular formula is C10H20N2O. The van der Waals surface area contributed by atoms with Gasteiger partial charge in [-0.25, -0.2) is 0 Å². The van der Waals surface area contributed by atoms with Crippen LogP contribution in [0.3, 0.4) is 0 Å². The maximum Gasteiger partial charge on any atom is 0.221 e. The van der Waals surface area contributed by atoms with Crippen LogP contribution in [0.15, 0.2) is 0 Å². The molecule has 1 saturated heterocycles. The molecule has 0 radical (unpaired) electrons. The number of nitrogens with zero attached hydrogens (tertiary/aromatic N) is 1. The predicted molar refractivity (Wildman–Crippen MR) is 53.2 cm³/mol. The van der Waals surface area contributed by atoms with Crippen LogP contribution in [0.4, 0.5) is 0 Å². The zero-order valence-electron chi connectivity index (χ0n) is 8.62. The molecule has 2 N–H and O–H groups in total. The number of carbonyl (C=O) groups excluding carboxylic acids is 1. The minimum absolute atomic E-state index is 0.0978. The summed E-state index contributed by atoms with van der Waals surface area (Å²) in [5, 5.41) is 0. The van der Waals surface area contributed by atoms with Crippen LogP contribution < -0.4 is 5.73 Å². The molecule has 1 atom stereocenters. The third kappa shape index (κ3) is 2.44. The molecule has 1 unspecified atom stereocenters. The normalized spacial score (nSPS) is 24.1. The molecule has 76 valence electrons. The summed E-state index contributed by atoms with van der Waals surface area (Å²) < 4.78 is 0. The Morgan fingerprint density at radius 3 is 2.54 bits per heavy atom. The van der Waals surface area contributed by atoms with Crippen LogP contribution in [0.25, 0.3) is 0 Å². The van der Waals surface area contributed by atoms with Crippen molar-refractivity contribution >= 4 is 5.91 Å². The molecular weight excluding hydrogens is 164 g/mol.